The predicted molar refractivity (Wildman–Crippen MR) is 72.9 cm³/mol. The van der Waals surface area contributed by atoms with Crippen LogP contribution < -0.4 is 5.32 Å². The Morgan fingerprint density at radius 2 is 2.24 bits per heavy atom. The molecular weight excluding hydrogens is 254 g/mol. The highest BCUT2D eigenvalue weighted by atomic mass is 35.5. The number of hydrogen-bond donors (Lipinski definition) is 1. The maximum Gasteiger partial charge on any atom is 0.0815 e. The van der Waals surface area contributed by atoms with E-state index in [0.717, 1.165) is 23.8 Å². The van der Waals surface area contributed by atoms with Gasteiger partial charge in [0, 0.05) is 22.5 Å². The molecule has 0 radical (unpaired) electrons. The molecule has 2 aromatic heterocycles. The summed E-state index contributed by atoms with van der Waals surface area (Å²) in [5, 5.41) is 8.27. The van der Waals surface area contributed by atoms with Crippen LogP contribution in [-0.4, -0.2) is 16.8 Å². The summed E-state index contributed by atoms with van der Waals surface area (Å²) in [6.45, 7) is 5.78. The Balaban J connectivity index is 2.17. The van der Waals surface area contributed by atoms with Crippen molar-refractivity contribution in [1.82, 2.24) is 15.1 Å². The Morgan fingerprint density at radius 1 is 1.47 bits per heavy atom. The van der Waals surface area contributed by atoms with Gasteiger partial charge < -0.3 is 5.32 Å². The van der Waals surface area contributed by atoms with Crippen molar-refractivity contribution in [1.29, 1.82) is 0 Å². The summed E-state index contributed by atoms with van der Waals surface area (Å²) in [5.74, 6) is 0. The van der Waals surface area contributed by atoms with Crippen molar-refractivity contribution in [2.45, 2.75) is 26.9 Å². The second-order valence-corrected chi connectivity index (χ2v) is 5.83. The number of thiophene rings is 1. The highest BCUT2D eigenvalue weighted by Gasteiger charge is 2.08. The van der Waals surface area contributed by atoms with E-state index < -0.39 is 0 Å². The molecule has 0 unspecified atom stereocenters. The first kappa shape index (κ1) is 12.6. The first-order valence-corrected chi connectivity index (χ1v) is 6.72. The molecule has 5 heteroatoms. The van der Waals surface area contributed by atoms with Gasteiger partial charge in [-0.15, -0.1) is 11.3 Å². The van der Waals surface area contributed by atoms with Crippen LogP contribution in [0.4, 0.5) is 0 Å². The zero-order valence-corrected chi connectivity index (χ0v) is 11.8. The third kappa shape index (κ3) is 2.89. The smallest absolute Gasteiger partial charge is 0.0815 e. The van der Waals surface area contributed by atoms with Crippen LogP contribution in [0, 0.1) is 13.8 Å². The van der Waals surface area contributed by atoms with Crippen LogP contribution in [0.3, 0.4) is 0 Å². The zero-order valence-electron chi connectivity index (χ0n) is 10.2. The van der Waals surface area contributed by atoms with Crippen LogP contribution in [0.2, 0.25) is 5.02 Å². The maximum absolute atomic E-state index is 6.00. The Kier molecular flexibility index (Phi) is 3.86. The van der Waals surface area contributed by atoms with E-state index in [1.807, 2.05) is 36.2 Å². The monoisotopic (exact) mass is 269 g/mol. The molecule has 2 rings (SSSR count). The van der Waals surface area contributed by atoms with E-state index in [2.05, 4.69) is 23.4 Å². The van der Waals surface area contributed by atoms with Crippen molar-refractivity contribution >= 4 is 22.9 Å². The molecule has 0 aliphatic heterocycles. The number of aromatic nitrogens is 2. The van der Waals surface area contributed by atoms with Crippen molar-refractivity contribution in [3.05, 3.63) is 38.3 Å². The van der Waals surface area contributed by atoms with Gasteiger partial charge in [0.2, 0.25) is 0 Å². The standard InChI is InChI=1S/C12H16ClN3S/c1-8-12(13)7-16(15-8)6-10-4-11(5-14-3)17-9(10)2/h4,7,14H,5-6H2,1-3H3. The van der Waals surface area contributed by atoms with Crippen molar-refractivity contribution in [3.8, 4) is 0 Å². The average Bonchev–Trinajstić information content (AvgIpc) is 2.74. The predicted octanol–water partition coefficient (Wildman–Crippen LogP) is 2.98. The first-order valence-electron chi connectivity index (χ1n) is 5.52. The van der Waals surface area contributed by atoms with Crippen molar-refractivity contribution < 1.29 is 0 Å². The molecule has 2 heterocycles. The lowest BCUT2D eigenvalue weighted by Gasteiger charge is -1.99. The molecule has 0 saturated heterocycles. The summed E-state index contributed by atoms with van der Waals surface area (Å²) in [6, 6.07) is 2.24. The number of aryl methyl sites for hydroxylation is 2. The molecule has 2 aromatic rings. The van der Waals surface area contributed by atoms with Crippen LogP contribution >= 0.6 is 22.9 Å². The van der Waals surface area contributed by atoms with Crippen LogP contribution in [0.15, 0.2) is 12.3 Å². The molecule has 17 heavy (non-hydrogen) atoms. The van der Waals surface area contributed by atoms with Crippen LogP contribution in [-0.2, 0) is 13.1 Å². The summed E-state index contributed by atoms with van der Waals surface area (Å²) in [4.78, 5) is 2.70. The Morgan fingerprint density at radius 3 is 2.82 bits per heavy atom. The number of rotatable bonds is 4. The van der Waals surface area contributed by atoms with Gasteiger partial charge in [0.25, 0.3) is 0 Å². The molecule has 0 amide bonds. The fourth-order valence-corrected chi connectivity index (χ4v) is 2.97. The highest BCUT2D eigenvalue weighted by Crippen LogP contribution is 2.23. The van der Waals surface area contributed by atoms with Crippen LogP contribution in [0.5, 0.6) is 0 Å². The lowest BCUT2D eigenvalue weighted by Crippen LogP contribution is -2.03. The van der Waals surface area contributed by atoms with Gasteiger partial charge in [0.1, 0.15) is 0 Å². The van der Waals surface area contributed by atoms with Gasteiger partial charge in [-0.05, 0) is 32.5 Å². The second kappa shape index (κ2) is 5.21. The van der Waals surface area contributed by atoms with Gasteiger partial charge in [-0.1, -0.05) is 11.6 Å². The summed E-state index contributed by atoms with van der Waals surface area (Å²) in [7, 11) is 1.96. The quantitative estimate of drug-likeness (QED) is 0.925. The SMILES string of the molecule is CNCc1cc(Cn2cc(Cl)c(C)n2)c(C)s1. The molecule has 0 spiro atoms. The van der Waals surface area contributed by atoms with Gasteiger partial charge in [-0.2, -0.15) is 5.10 Å². The molecule has 3 nitrogen and oxygen atoms in total. The first-order chi connectivity index (χ1) is 8.10. The Hall–Kier alpha value is -0.840. The topological polar surface area (TPSA) is 29.9 Å². The molecule has 0 aliphatic carbocycles. The normalized spacial score (nSPS) is 11.1. The van der Waals surface area contributed by atoms with Crippen molar-refractivity contribution in [3.63, 3.8) is 0 Å². The zero-order chi connectivity index (χ0) is 12.4. The van der Waals surface area contributed by atoms with Gasteiger partial charge in [0.15, 0.2) is 0 Å². The molecule has 0 aromatic carbocycles. The third-order valence-corrected chi connectivity index (χ3v) is 4.11. The van der Waals surface area contributed by atoms with Crippen molar-refractivity contribution in [2.24, 2.45) is 0 Å². The molecule has 0 bridgehead atoms. The molecule has 0 atom stereocenters. The molecule has 0 saturated carbocycles. The van der Waals surface area contributed by atoms with E-state index in [4.69, 9.17) is 11.6 Å². The largest absolute Gasteiger partial charge is 0.315 e. The van der Waals surface area contributed by atoms with E-state index in [1.165, 1.54) is 15.3 Å². The third-order valence-electron chi connectivity index (χ3n) is 2.64. The average molecular weight is 270 g/mol. The summed E-state index contributed by atoms with van der Waals surface area (Å²) in [6.07, 6.45) is 1.88. The Bertz CT molecular complexity index is 496. The number of nitrogens with zero attached hydrogens (tertiary/aromatic N) is 2. The lowest BCUT2D eigenvalue weighted by atomic mass is 10.2. The van der Waals surface area contributed by atoms with E-state index in [0.29, 0.717) is 0 Å². The molecule has 1 N–H and O–H groups in total. The van der Waals surface area contributed by atoms with E-state index in [-0.39, 0.29) is 0 Å². The van der Waals surface area contributed by atoms with Gasteiger partial charge in [-0.25, -0.2) is 0 Å². The fourth-order valence-electron chi connectivity index (χ4n) is 1.76. The van der Waals surface area contributed by atoms with Gasteiger partial charge >= 0.3 is 0 Å². The van der Waals surface area contributed by atoms with Crippen molar-refractivity contribution in [2.75, 3.05) is 7.05 Å². The van der Waals surface area contributed by atoms with Gasteiger partial charge in [0.05, 0.1) is 17.3 Å². The summed E-state index contributed by atoms with van der Waals surface area (Å²) in [5.41, 5.74) is 2.20. The summed E-state index contributed by atoms with van der Waals surface area (Å²) >= 11 is 7.83. The number of hydrogen-bond acceptors (Lipinski definition) is 3. The van der Waals surface area contributed by atoms with Crippen LogP contribution in [0.1, 0.15) is 21.0 Å². The number of nitrogens with one attached hydrogen (secondary N) is 1. The second-order valence-electron chi connectivity index (χ2n) is 4.08. The van der Waals surface area contributed by atoms with E-state index in [9.17, 15) is 0 Å². The number of halogens is 1. The summed E-state index contributed by atoms with van der Waals surface area (Å²) < 4.78 is 1.90. The molecule has 92 valence electrons. The fraction of sp³-hybridized carbons (Fsp3) is 0.417. The maximum atomic E-state index is 6.00. The molecule has 0 aliphatic rings. The van der Waals surface area contributed by atoms with E-state index in [1.54, 1.807) is 0 Å². The highest BCUT2D eigenvalue weighted by molar-refractivity contribution is 7.12. The minimum atomic E-state index is 0.730. The Labute approximate surface area is 110 Å². The van der Waals surface area contributed by atoms with Crippen LogP contribution in [0.25, 0.3) is 0 Å². The molecule has 0 fully saturated rings. The van der Waals surface area contributed by atoms with E-state index >= 15 is 0 Å². The minimum Gasteiger partial charge on any atom is -0.315 e. The minimum absolute atomic E-state index is 0.730. The molecular formula is C12H16ClN3S. The lowest BCUT2D eigenvalue weighted by molar-refractivity contribution is 0.678. The van der Waals surface area contributed by atoms with Gasteiger partial charge in [-0.3, -0.25) is 4.68 Å².